The highest BCUT2D eigenvalue weighted by Crippen LogP contribution is 2.27. The number of nitrogens with one attached hydrogen (secondary N) is 1. The molecule has 0 unspecified atom stereocenters. The molecule has 2 N–H and O–H groups in total. The van der Waals surface area contributed by atoms with E-state index in [1.807, 2.05) is 17.7 Å². The summed E-state index contributed by atoms with van der Waals surface area (Å²) in [4.78, 5) is 21.6. The predicted octanol–water partition coefficient (Wildman–Crippen LogP) is 2.19. The number of rotatable bonds is 3. The number of aromatic amines is 1. The lowest BCUT2D eigenvalue weighted by Crippen LogP contribution is -1.99. The smallest absolute Gasteiger partial charge is 0.356 e. The van der Waals surface area contributed by atoms with Crippen LogP contribution in [0.5, 0.6) is 0 Å². The van der Waals surface area contributed by atoms with E-state index in [1.165, 1.54) is 17.7 Å². The van der Waals surface area contributed by atoms with E-state index >= 15 is 0 Å². The van der Waals surface area contributed by atoms with Crippen molar-refractivity contribution < 1.29 is 14.4 Å². The Bertz CT molecular complexity index is 743. The zero-order valence-corrected chi connectivity index (χ0v) is 10.6. The zero-order chi connectivity index (χ0) is 13.4. The van der Waals surface area contributed by atoms with E-state index in [-0.39, 0.29) is 17.3 Å². The molecule has 8 heteroatoms. The highest BCUT2D eigenvalue weighted by Gasteiger charge is 2.21. The van der Waals surface area contributed by atoms with Crippen molar-refractivity contribution >= 4 is 17.3 Å². The van der Waals surface area contributed by atoms with E-state index < -0.39 is 5.97 Å². The molecule has 0 saturated heterocycles. The van der Waals surface area contributed by atoms with Crippen molar-refractivity contribution in [3.8, 4) is 23.0 Å². The molecule has 3 aromatic heterocycles. The molecule has 0 aliphatic carbocycles. The number of aromatic carboxylic acids is 1. The molecule has 96 valence electrons. The summed E-state index contributed by atoms with van der Waals surface area (Å²) in [5.74, 6) is -0.613. The van der Waals surface area contributed by atoms with Gasteiger partial charge in [0.25, 0.3) is 5.89 Å². The van der Waals surface area contributed by atoms with E-state index in [0.29, 0.717) is 5.82 Å². The van der Waals surface area contributed by atoms with E-state index in [4.69, 9.17) is 9.63 Å². The molecular formula is C11H8N4O3S. The van der Waals surface area contributed by atoms with Gasteiger partial charge in [-0.15, -0.1) is 0 Å². The van der Waals surface area contributed by atoms with Crippen LogP contribution < -0.4 is 0 Å². The maximum absolute atomic E-state index is 11.0. The molecule has 0 aliphatic heterocycles. The lowest BCUT2D eigenvalue weighted by atomic mass is 10.2. The number of carbonyl (C=O) groups is 1. The van der Waals surface area contributed by atoms with Crippen LogP contribution in [0.25, 0.3) is 23.0 Å². The average Bonchev–Trinajstić information content (AvgIpc) is 3.06. The Kier molecular flexibility index (Phi) is 2.64. The van der Waals surface area contributed by atoms with Crippen molar-refractivity contribution in [2.24, 2.45) is 0 Å². The number of carboxylic acids is 1. The number of carboxylic acid groups (broad SMARTS) is 1. The van der Waals surface area contributed by atoms with E-state index in [9.17, 15) is 4.79 Å². The number of thiophene rings is 1. The number of aromatic nitrogens is 4. The molecule has 3 heterocycles. The fourth-order valence-electron chi connectivity index (χ4n) is 1.64. The van der Waals surface area contributed by atoms with Crippen molar-refractivity contribution in [3.05, 3.63) is 28.3 Å². The van der Waals surface area contributed by atoms with Gasteiger partial charge in [0.1, 0.15) is 5.69 Å². The van der Waals surface area contributed by atoms with Crippen LogP contribution in [0.2, 0.25) is 0 Å². The summed E-state index contributed by atoms with van der Waals surface area (Å²) in [5.41, 5.74) is 1.98. The van der Waals surface area contributed by atoms with Crippen LogP contribution in [0.4, 0.5) is 0 Å². The Hall–Kier alpha value is -2.48. The van der Waals surface area contributed by atoms with Crippen molar-refractivity contribution in [1.29, 1.82) is 0 Å². The van der Waals surface area contributed by atoms with Crippen LogP contribution in [-0.2, 0) is 0 Å². The predicted molar refractivity (Wildman–Crippen MR) is 66.9 cm³/mol. The summed E-state index contributed by atoms with van der Waals surface area (Å²) in [6.07, 6.45) is 1.28. The number of imidazole rings is 1. The topological polar surface area (TPSA) is 105 Å². The lowest BCUT2D eigenvalue weighted by Gasteiger charge is -1.91. The highest BCUT2D eigenvalue weighted by atomic mass is 32.1. The second-order valence-electron chi connectivity index (χ2n) is 3.82. The van der Waals surface area contributed by atoms with Gasteiger partial charge in [-0.25, -0.2) is 9.78 Å². The molecule has 3 rings (SSSR count). The van der Waals surface area contributed by atoms with Gasteiger partial charge in [0.2, 0.25) is 5.82 Å². The summed E-state index contributed by atoms with van der Waals surface area (Å²) in [6.45, 7) is 1.95. The molecule has 0 fully saturated rings. The monoisotopic (exact) mass is 276 g/mol. The molecule has 0 saturated carbocycles. The Balaban J connectivity index is 2.04. The van der Waals surface area contributed by atoms with Gasteiger partial charge >= 0.3 is 5.97 Å². The summed E-state index contributed by atoms with van der Waals surface area (Å²) in [7, 11) is 0. The standard InChI is InChI=1S/C11H8N4O3S/c1-5-2-19-3-6(5)9-14-10(18-15-9)7-8(11(16)17)13-4-12-7/h2-4H,1H3,(H,12,13)(H,16,17). The Morgan fingerprint density at radius 2 is 2.32 bits per heavy atom. The number of aryl methyl sites for hydroxylation is 1. The number of hydrogen-bond donors (Lipinski definition) is 2. The van der Waals surface area contributed by atoms with Crippen molar-refractivity contribution in [2.45, 2.75) is 6.92 Å². The highest BCUT2D eigenvalue weighted by molar-refractivity contribution is 7.08. The van der Waals surface area contributed by atoms with Gasteiger partial charge in [-0.3, -0.25) is 0 Å². The Morgan fingerprint density at radius 3 is 3.00 bits per heavy atom. The first-order valence-corrected chi connectivity index (χ1v) is 6.25. The van der Waals surface area contributed by atoms with Crippen LogP contribution in [-0.4, -0.2) is 31.2 Å². The first-order chi connectivity index (χ1) is 9.16. The minimum Gasteiger partial charge on any atom is -0.476 e. The average molecular weight is 276 g/mol. The molecule has 0 radical (unpaired) electrons. The SMILES string of the molecule is Cc1cscc1-c1noc(-c2[nH]cnc2C(=O)O)n1. The van der Waals surface area contributed by atoms with Crippen LogP contribution in [0.1, 0.15) is 16.1 Å². The minimum atomic E-state index is -1.15. The normalized spacial score (nSPS) is 10.8. The largest absolute Gasteiger partial charge is 0.476 e. The second-order valence-corrected chi connectivity index (χ2v) is 4.57. The first-order valence-electron chi connectivity index (χ1n) is 5.30. The van der Waals surface area contributed by atoms with Crippen LogP contribution >= 0.6 is 11.3 Å². The van der Waals surface area contributed by atoms with Gasteiger partial charge in [-0.2, -0.15) is 16.3 Å². The van der Waals surface area contributed by atoms with E-state index in [0.717, 1.165) is 11.1 Å². The third-order valence-electron chi connectivity index (χ3n) is 2.58. The van der Waals surface area contributed by atoms with E-state index in [2.05, 4.69) is 20.1 Å². The second kappa shape index (κ2) is 4.32. The van der Waals surface area contributed by atoms with Gasteiger partial charge in [0.15, 0.2) is 5.69 Å². The molecule has 3 aromatic rings. The number of nitrogens with zero attached hydrogens (tertiary/aromatic N) is 3. The molecule has 0 atom stereocenters. The number of hydrogen-bond acceptors (Lipinski definition) is 6. The summed E-state index contributed by atoms with van der Waals surface area (Å²) in [6, 6.07) is 0. The zero-order valence-electron chi connectivity index (χ0n) is 9.75. The van der Waals surface area contributed by atoms with Gasteiger partial charge in [0, 0.05) is 10.9 Å². The summed E-state index contributed by atoms with van der Waals surface area (Å²) < 4.78 is 5.09. The summed E-state index contributed by atoms with van der Waals surface area (Å²) >= 11 is 1.54. The molecule has 19 heavy (non-hydrogen) atoms. The third kappa shape index (κ3) is 1.91. The van der Waals surface area contributed by atoms with E-state index in [1.54, 1.807) is 0 Å². The lowest BCUT2D eigenvalue weighted by molar-refractivity contribution is 0.0691. The van der Waals surface area contributed by atoms with Gasteiger partial charge in [-0.1, -0.05) is 5.16 Å². The summed E-state index contributed by atoms with van der Waals surface area (Å²) in [5, 5.41) is 16.7. The van der Waals surface area contributed by atoms with Crippen LogP contribution in [0.15, 0.2) is 21.6 Å². The quantitative estimate of drug-likeness (QED) is 0.759. The molecule has 0 spiro atoms. The third-order valence-corrected chi connectivity index (χ3v) is 3.44. The Morgan fingerprint density at radius 1 is 1.47 bits per heavy atom. The molecule has 7 nitrogen and oxygen atoms in total. The van der Waals surface area contributed by atoms with Gasteiger partial charge in [-0.05, 0) is 17.9 Å². The molecule has 0 bridgehead atoms. The molecule has 0 aliphatic rings. The first kappa shape index (κ1) is 11.6. The van der Waals surface area contributed by atoms with Crippen LogP contribution in [0.3, 0.4) is 0 Å². The molecule has 0 amide bonds. The van der Waals surface area contributed by atoms with Crippen LogP contribution in [0, 0.1) is 6.92 Å². The fourth-order valence-corrected chi connectivity index (χ4v) is 2.47. The van der Waals surface area contributed by atoms with Crippen molar-refractivity contribution in [1.82, 2.24) is 20.1 Å². The fraction of sp³-hybridized carbons (Fsp3) is 0.0909. The molecule has 0 aromatic carbocycles. The maximum atomic E-state index is 11.0. The number of H-pyrrole nitrogens is 1. The van der Waals surface area contributed by atoms with Gasteiger partial charge < -0.3 is 14.6 Å². The minimum absolute atomic E-state index is 0.107. The van der Waals surface area contributed by atoms with Crippen molar-refractivity contribution in [2.75, 3.05) is 0 Å². The van der Waals surface area contributed by atoms with Gasteiger partial charge in [0.05, 0.1) is 6.33 Å². The molecular weight excluding hydrogens is 268 g/mol. The van der Waals surface area contributed by atoms with Crippen molar-refractivity contribution in [3.63, 3.8) is 0 Å². The Labute approximate surface area is 110 Å². The maximum Gasteiger partial charge on any atom is 0.356 e.